The highest BCUT2D eigenvalue weighted by Gasteiger charge is 2.40. The molecule has 2 aliphatic rings. The van der Waals surface area contributed by atoms with Gasteiger partial charge in [0, 0.05) is 24.8 Å². The molecule has 6 heteroatoms. The Balaban J connectivity index is 1.52. The molecule has 1 aliphatic carbocycles. The van der Waals surface area contributed by atoms with E-state index in [-0.39, 0.29) is 12.4 Å². The second-order valence-corrected chi connectivity index (χ2v) is 8.09. The summed E-state index contributed by atoms with van der Waals surface area (Å²) < 4.78 is 31.8. The van der Waals surface area contributed by atoms with E-state index in [9.17, 15) is 8.42 Å². The number of nitrogens with zero attached hydrogens (tertiary/aromatic N) is 1. The lowest BCUT2D eigenvalue weighted by Crippen LogP contribution is -2.33. The normalized spacial score (nSPS) is 25.9. The molecule has 21 heavy (non-hydrogen) atoms. The molecule has 1 aliphatic heterocycles. The molecule has 116 valence electrons. The van der Waals surface area contributed by atoms with E-state index in [1.807, 2.05) is 0 Å². The zero-order chi connectivity index (χ0) is 14.9. The van der Waals surface area contributed by atoms with Crippen LogP contribution in [0.1, 0.15) is 19.3 Å². The molecule has 1 aromatic carbocycles. The van der Waals surface area contributed by atoms with Crippen LogP contribution in [-0.4, -0.2) is 38.2 Å². The minimum absolute atomic E-state index is 0.0290. The molecule has 1 heterocycles. The van der Waals surface area contributed by atoms with Gasteiger partial charge in [-0.1, -0.05) is 12.5 Å². The van der Waals surface area contributed by atoms with Gasteiger partial charge in [0.15, 0.2) is 0 Å². The molecule has 2 atom stereocenters. The van der Waals surface area contributed by atoms with Gasteiger partial charge in [0.1, 0.15) is 12.4 Å². The average Bonchev–Trinajstić information content (AvgIpc) is 2.99. The molecule has 0 amide bonds. The fraction of sp³-hybridized carbons (Fsp3) is 0.600. The van der Waals surface area contributed by atoms with Crippen LogP contribution in [-0.2, 0) is 10.0 Å². The van der Waals surface area contributed by atoms with Crippen LogP contribution >= 0.6 is 0 Å². The van der Waals surface area contributed by atoms with E-state index in [0.717, 1.165) is 0 Å². The third-order valence-electron chi connectivity index (χ3n) is 4.55. The van der Waals surface area contributed by atoms with E-state index in [1.165, 1.54) is 19.3 Å². The van der Waals surface area contributed by atoms with Gasteiger partial charge >= 0.3 is 0 Å². The fourth-order valence-electron chi connectivity index (χ4n) is 3.42. The number of hydrogen-bond acceptors (Lipinski definition) is 4. The molecule has 1 aromatic rings. The number of sulfonamides is 1. The number of nitrogens with two attached hydrogens (primary N) is 1. The maximum absolute atomic E-state index is 12.3. The van der Waals surface area contributed by atoms with Crippen LogP contribution in [0.2, 0.25) is 0 Å². The van der Waals surface area contributed by atoms with Crippen molar-refractivity contribution in [2.45, 2.75) is 19.3 Å². The van der Waals surface area contributed by atoms with Crippen molar-refractivity contribution in [1.82, 2.24) is 4.31 Å². The van der Waals surface area contributed by atoms with Gasteiger partial charge in [-0.25, -0.2) is 12.7 Å². The van der Waals surface area contributed by atoms with Gasteiger partial charge in [0.2, 0.25) is 10.0 Å². The smallest absolute Gasteiger partial charge is 0.217 e. The largest absolute Gasteiger partial charge is 0.492 e. The molecule has 2 unspecified atom stereocenters. The number of hydrogen-bond donors (Lipinski definition) is 1. The van der Waals surface area contributed by atoms with Gasteiger partial charge in [0.05, 0.1) is 5.75 Å². The molecule has 2 fully saturated rings. The topological polar surface area (TPSA) is 72.6 Å². The van der Waals surface area contributed by atoms with Gasteiger partial charge in [-0.3, -0.25) is 0 Å². The number of ether oxygens (including phenoxy) is 1. The molecule has 0 aromatic heterocycles. The third kappa shape index (κ3) is 3.32. The Bertz CT molecular complexity index is 591. The van der Waals surface area contributed by atoms with E-state index >= 15 is 0 Å². The Kier molecular flexibility index (Phi) is 4.08. The lowest BCUT2D eigenvalue weighted by atomic mass is 10.0. The molecular formula is C15H22N2O3S. The average molecular weight is 310 g/mol. The minimum atomic E-state index is -3.21. The van der Waals surface area contributed by atoms with Gasteiger partial charge < -0.3 is 10.5 Å². The molecule has 3 rings (SSSR count). The lowest BCUT2D eigenvalue weighted by Gasteiger charge is -2.17. The predicted octanol–water partition coefficient (Wildman–Crippen LogP) is 1.71. The van der Waals surface area contributed by atoms with E-state index in [2.05, 4.69) is 0 Å². The Hall–Kier alpha value is -1.27. The monoisotopic (exact) mass is 310 g/mol. The maximum atomic E-state index is 12.3. The Morgan fingerprint density at radius 3 is 2.62 bits per heavy atom. The van der Waals surface area contributed by atoms with Crippen LogP contribution in [0.5, 0.6) is 5.75 Å². The summed E-state index contributed by atoms with van der Waals surface area (Å²) in [4.78, 5) is 0. The maximum Gasteiger partial charge on any atom is 0.217 e. The van der Waals surface area contributed by atoms with Crippen molar-refractivity contribution in [3.63, 3.8) is 0 Å². The highest BCUT2D eigenvalue weighted by atomic mass is 32.2. The molecule has 1 saturated heterocycles. The first-order chi connectivity index (χ1) is 10.0. The van der Waals surface area contributed by atoms with Gasteiger partial charge in [-0.2, -0.15) is 0 Å². The van der Waals surface area contributed by atoms with Crippen LogP contribution < -0.4 is 10.5 Å². The summed E-state index contributed by atoms with van der Waals surface area (Å²) in [7, 11) is -3.21. The molecule has 1 saturated carbocycles. The van der Waals surface area contributed by atoms with Gasteiger partial charge in [-0.05, 0) is 36.8 Å². The van der Waals surface area contributed by atoms with Crippen molar-refractivity contribution < 1.29 is 13.2 Å². The Labute approximate surface area is 126 Å². The van der Waals surface area contributed by atoms with Crippen molar-refractivity contribution >= 4 is 15.7 Å². The number of benzene rings is 1. The summed E-state index contributed by atoms with van der Waals surface area (Å²) in [5.74, 6) is 1.80. The van der Waals surface area contributed by atoms with Crippen LogP contribution in [0.3, 0.4) is 0 Å². The Morgan fingerprint density at radius 2 is 1.95 bits per heavy atom. The second-order valence-electron chi connectivity index (χ2n) is 6.01. The quantitative estimate of drug-likeness (QED) is 0.840. The lowest BCUT2D eigenvalue weighted by molar-refractivity contribution is 0.336. The summed E-state index contributed by atoms with van der Waals surface area (Å²) in [5, 5.41) is 0. The van der Waals surface area contributed by atoms with Gasteiger partial charge in [-0.15, -0.1) is 0 Å². The molecule has 0 radical (unpaired) electrons. The molecular weight excluding hydrogens is 288 g/mol. The zero-order valence-corrected chi connectivity index (χ0v) is 12.9. The molecule has 0 spiro atoms. The minimum Gasteiger partial charge on any atom is -0.492 e. The standard InChI is InChI=1S/C15H22N2O3S/c16-14-5-2-6-15(9-14)20-7-8-21(18,19)17-10-12-3-1-4-13(12)11-17/h2,5-6,9,12-13H,1,3-4,7-8,10-11,16H2. The highest BCUT2D eigenvalue weighted by molar-refractivity contribution is 7.89. The van der Waals surface area contributed by atoms with Crippen molar-refractivity contribution in [3.8, 4) is 5.75 Å². The fourth-order valence-corrected chi connectivity index (χ4v) is 4.81. The summed E-state index contributed by atoms with van der Waals surface area (Å²) in [5.41, 5.74) is 6.28. The summed E-state index contributed by atoms with van der Waals surface area (Å²) in [6, 6.07) is 7.05. The summed E-state index contributed by atoms with van der Waals surface area (Å²) in [6.45, 7) is 1.56. The van der Waals surface area contributed by atoms with E-state index in [0.29, 0.717) is 36.4 Å². The third-order valence-corrected chi connectivity index (χ3v) is 6.32. The number of rotatable bonds is 5. The molecule has 5 nitrogen and oxygen atoms in total. The van der Waals surface area contributed by atoms with E-state index in [4.69, 9.17) is 10.5 Å². The van der Waals surface area contributed by atoms with Crippen molar-refractivity contribution in [2.75, 3.05) is 31.2 Å². The first-order valence-corrected chi connectivity index (χ1v) is 9.12. The zero-order valence-electron chi connectivity index (χ0n) is 12.1. The van der Waals surface area contributed by atoms with E-state index < -0.39 is 10.0 Å². The number of anilines is 1. The summed E-state index contributed by atoms with van der Waals surface area (Å²) >= 11 is 0. The van der Waals surface area contributed by atoms with Crippen molar-refractivity contribution in [2.24, 2.45) is 11.8 Å². The predicted molar refractivity (Wildman–Crippen MR) is 82.5 cm³/mol. The molecule has 2 N–H and O–H groups in total. The first kappa shape index (κ1) is 14.7. The SMILES string of the molecule is Nc1cccc(OCCS(=O)(=O)N2CC3CCCC3C2)c1. The van der Waals surface area contributed by atoms with Crippen LogP contribution in [0.15, 0.2) is 24.3 Å². The van der Waals surface area contributed by atoms with Crippen LogP contribution in [0, 0.1) is 11.8 Å². The first-order valence-electron chi connectivity index (χ1n) is 7.51. The van der Waals surface area contributed by atoms with Crippen LogP contribution in [0.25, 0.3) is 0 Å². The van der Waals surface area contributed by atoms with Crippen molar-refractivity contribution in [1.29, 1.82) is 0 Å². The number of fused-ring (bicyclic) bond motifs is 1. The highest BCUT2D eigenvalue weighted by Crippen LogP contribution is 2.38. The Morgan fingerprint density at radius 1 is 1.24 bits per heavy atom. The van der Waals surface area contributed by atoms with Crippen LogP contribution in [0.4, 0.5) is 5.69 Å². The van der Waals surface area contributed by atoms with Crippen molar-refractivity contribution in [3.05, 3.63) is 24.3 Å². The molecule has 0 bridgehead atoms. The van der Waals surface area contributed by atoms with Gasteiger partial charge in [0.25, 0.3) is 0 Å². The second kappa shape index (κ2) is 5.85. The van der Waals surface area contributed by atoms with E-state index in [1.54, 1.807) is 28.6 Å². The summed E-state index contributed by atoms with van der Waals surface area (Å²) in [6.07, 6.45) is 3.61. The number of nitrogen functional groups attached to an aromatic ring is 1.